The average Bonchev–Trinajstić information content (AvgIpc) is 4.26. The smallest absolute Gasteiger partial charge is 0.336 e. The van der Waals surface area contributed by atoms with Crippen LogP contribution in [0, 0.1) is 0 Å². The normalized spacial score (nSPS) is 9.94. The van der Waals surface area contributed by atoms with E-state index < -0.39 is 0 Å². The van der Waals surface area contributed by atoms with Gasteiger partial charge in [0.1, 0.15) is 11.2 Å². The summed E-state index contributed by atoms with van der Waals surface area (Å²) in [6, 6.07) is 66.1. The summed E-state index contributed by atoms with van der Waals surface area (Å²) in [5.74, 6) is 1.69. The molecule has 0 aliphatic carbocycles. The number of hydrogen-bond donors (Lipinski definition) is 2. The van der Waals surface area contributed by atoms with E-state index in [-0.39, 0.29) is 48.2 Å². The monoisotopic (exact) mass is 997 g/mol. The van der Waals surface area contributed by atoms with Gasteiger partial charge in [-0.2, -0.15) is 0 Å². The van der Waals surface area contributed by atoms with Crippen molar-refractivity contribution in [1.82, 2.24) is 15.0 Å². The van der Waals surface area contributed by atoms with E-state index in [1.54, 1.807) is 47.3 Å². The second-order valence-corrected chi connectivity index (χ2v) is 16.2. The molecular formula is C61H63N3O6S2. The molecule has 0 saturated carbocycles. The third-order valence-corrected chi connectivity index (χ3v) is 11.6. The number of aromatic amines is 2. The number of thiophene rings is 1. The molecule has 9 nitrogen and oxygen atoms in total. The van der Waals surface area contributed by atoms with Gasteiger partial charge in [-0.3, -0.25) is 4.79 Å². The second kappa shape index (κ2) is 30.2. The predicted molar refractivity (Wildman–Crippen MR) is 309 cm³/mol. The summed E-state index contributed by atoms with van der Waals surface area (Å²) in [7, 11) is 0. The highest BCUT2D eigenvalue weighted by Gasteiger charge is 2.09. The van der Waals surface area contributed by atoms with E-state index in [2.05, 4.69) is 74.9 Å². The second-order valence-electron chi connectivity index (χ2n) is 14.3. The highest BCUT2D eigenvalue weighted by atomic mass is 32.1. The number of rotatable bonds is 0. The molecule has 72 heavy (non-hydrogen) atoms. The summed E-state index contributed by atoms with van der Waals surface area (Å²) in [5, 5.41) is 7.60. The minimum atomic E-state index is -0.302. The molecule has 13 aromatic rings. The molecule has 0 amide bonds. The third-order valence-electron chi connectivity index (χ3n) is 9.90. The molecule has 0 radical (unpaired) electrons. The van der Waals surface area contributed by atoms with Gasteiger partial charge in [-0.05, 0) is 101 Å². The summed E-state index contributed by atoms with van der Waals surface area (Å²) in [5.41, 5.74) is 6.42. The Hall–Kier alpha value is -8.51. The molecule has 0 spiro atoms. The zero-order valence-electron chi connectivity index (χ0n) is 35.9. The SMILES string of the molecule is C.C.C.C.C.O=c1cc[nH]c2ccccc12.O=c1ccc2ccccc2o1.c1ccc2[nH]ccc2c1.c1ccc2c(c1)OCO2.c1ccc2occc2c1.c1ccc2sccc2c1.c1ccc2scnc2c1. The zero-order valence-corrected chi connectivity index (χ0v) is 37.6. The van der Waals surface area contributed by atoms with Gasteiger partial charge in [-0.1, -0.05) is 146 Å². The number of hydrogen-bond acceptors (Lipinski definition) is 9. The standard InChI is InChI=1S/C9H7NO.C9H6O2.C8H7N.C8H6O.C8H6S.C7H5NS.C7H6O2.5CH4/c11-9-5-6-10-8-4-2-1-3-7(8)9;10-9-6-5-7-3-1-2-4-8(7)11-9;3*1-2-4-8-7(3-1)5-6-9-8;2*1-2-4-7-6(3-1)8-5-9-7;;;;;/h1-6H,(H,10,11);1-6H;1-6,9H;2*1-6H;1-5H;1-4H,5H2;5*1H4. The van der Waals surface area contributed by atoms with Gasteiger partial charge in [-0.25, -0.2) is 9.78 Å². The van der Waals surface area contributed by atoms with Gasteiger partial charge in [-0.15, -0.1) is 22.7 Å². The van der Waals surface area contributed by atoms with E-state index in [0.29, 0.717) is 12.4 Å². The predicted octanol–water partition coefficient (Wildman–Crippen LogP) is 17.7. The van der Waals surface area contributed by atoms with E-state index in [1.165, 1.54) is 37.8 Å². The van der Waals surface area contributed by atoms with E-state index >= 15 is 0 Å². The molecule has 11 heteroatoms. The van der Waals surface area contributed by atoms with Crippen LogP contribution < -0.4 is 20.5 Å². The fourth-order valence-electron chi connectivity index (χ4n) is 6.59. The van der Waals surface area contributed by atoms with Crippen LogP contribution in [0.1, 0.15) is 37.1 Å². The average molecular weight is 998 g/mol. The number of ether oxygens (including phenoxy) is 2. The van der Waals surface area contributed by atoms with Crippen LogP contribution in [-0.4, -0.2) is 21.7 Å². The molecule has 0 fully saturated rings. The molecular weight excluding hydrogens is 935 g/mol. The lowest BCUT2D eigenvalue weighted by atomic mass is 10.2. The van der Waals surface area contributed by atoms with Crippen LogP contribution in [0.25, 0.3) is 64.0 Å². The zero-order chi connectivity index (χ0) is 45.9. The van der Waals surface area contributed by atoms with Crippen molar-refractivity contribution in [3.05, 3.63) is 256 Å². The van der Waals surface area contributed by atoms with Crippen LogP contribution in [0.5, 0.6) is 11.5 Å². The molecule has 2 N–H and O–H groups in total. The third kappa shape index (κ3) is 16.3. The highest BCUT2D eigenvalue weighted by molar-refractivity contribution is 7.17. The summed E-state index contributed by atoms with van der Waals surface area (Å²) >= 11 is 3.46. The quantitative estimate of drug-likeness (QED) is 0.145. The first kappa shape index (κ1) is 57.8. The number of thiazole rings is 1. The van der Waals surface area contributed by atoms with Gasteiger partial charge in [0.05, 0.1) is 22.0 Å². The largest absolute Gasteiger partial charge is 0.464 e. The maximum absolute atomic E-state index is 11.2. The van der Waals surface area contributed by atoms with E-state index in [0.717, 1.165) is 44.3 Å². The molecule has 14 rings (SSSR count). The fraction of sp³-hybridized carbons (Fsp3) is 0.0984. The first-order chi connectivity index (χ1) is 33.1. The lowest BCUT2D eigenvalue weighted by Crippen LogP contribution is -1.98. The Bertz CT molecular complexity index is 3260. The number of H-pyrrole nitrogens is 2. The van der Waals surface area contributed by atoms with E-state index in [4.69, 9.17) is 18.3 Å². The van der Waals surface area contributed by atoms with Crippen LogP contribution in [-0.2, 0) is 0 Å². The maximum atomic E-state index is 11.2. The molecule has 0 atom stereocenters. The van der Waals surface area contributed by atoms with Crippen molar-refractivity contribution in [2.45, 2.75) is 37.1 Å². The van der Waals surface area contributed by atoms with Crippen molar-refractivity contribution in [3.8, 4) is 11.5 Å². The van der Waals surface area contributed by atoms with Crippen molar-refractivity contribution >= 4 is 86.7 Å². The number of nitrogens with zero attached hydrogens (tertiary/aromatic N) is 1. The number of pyridine rings is 1. The lowest BCUT2D eigenvalue weighted by molar-refractivity contribution is 0.174. The number of aromatic nitrogens is 3. The first-order valence-electron chi connectivity index (χ1n) is 21.1. The van der Waals surface area contributed by atoms with Gasteiger partial charge in [0.15, 0.2) is 16.9 Å². The Labute approximate surface area is 429 Å². The molecule has 1 aliphatic heterocycles. The van der Waals surface area contributed by atoms with Crippen molar-refractivity contribution in [3.63, 3.8) is 0 Å². The highest BCUT2D eigenvalue weighted by Crippen LogP contribution is 2.30. The van der Waals surface area contributed by atoms with Crippen LogP contribution in [0.15, 0.2) is 254 Å². The molecule has 0 bridgehead atoms. The van der Waals surface area contributed by atoms with Crippen LogP contribution in [0.2, 0.25) is 0 Å². The number of para-hydroxylation sites is 7. The van der Waals surface area contributed by atoms with Gasteiger partial charge in [0, 0.05) is 56.4 Å². The number of fused-ring (bicyclic) bond motifs is 7. The molecule has 0 saturated heterocycles. The topological polar surface area (TPSA) is 123 Å². The summed E-state index contributed by atoms with van der Waals surface area (Å²) in [6.07, 6.45) is 5.31. The van der Waals surface area contributed by atoms with E-state index in [1.807, 2.05) is 139 Å². The van der Waals surface area contributed by atoms with Crippen LogP contribution in [0.4, 0.5) is 0 Å². The fourth-order valence-corrected chi connectivity index (χ4v) is 8.06. The lowest BCUT2D eigenvalue weighted by Gasteiger charge is -1.92. The Balaban J connectivity index is 0.000000220. The molecule has 7 heterocycles. The molecule has 370 valence electrons. The van der Waals surface area contributed by atoms with Gasteiger partial charge >= 0.3 is 5.63 Å². The van der Waals surface area contributed by atoms with Crippen molar-refractivity contribution < 1.29 is 18.3 Å². The minimum absolute atomic E-state index is 0. The van der Waals surface area contributed by atoms with Crippen LogP contribution >= 0.6 is 22.7 Å². The Morgan fingerprint density at radius 1 is 0.444 bits per heavy atom. The van der Waals surface area contributed by atoms with Crippen molar-refractivity contribution in [2.75, 3.05) is 6.79 Å². The summed E-state index contributed by atoms with van der Waals surface area (Å²) in [4.78, 5) is 32.1. The maximum Gasteiger partial charge on any atom is 0.336 e. The van der Waals surface area contributed by atoms with Crippen molar-refractivity contribution in [1.29, 1.82) is 0 Å². The summed E-state index contributed by atoms with van der Waals surface area (Å²) < 4.78 is 22.8. The van der Waals surface area contributed by atoms with Crippen molar-refractivity contribution in [2.24, 2.45) is 0 Å². The van der Waals surface area contributed by atoms with Crippen LogP contribution in [0.3, 0.4) is 0 Å². The summed E-state index contributed by atoms with van der Waals surface area (Å²) in [6.45, 7) is 0.360. The Morgan fingerprint density at radius 3 is 1.68 bits per heavy atom. The molecule has 0 unspecified atom stereocenters. The number of furan rings is 1. The number of nitrogens with one attached hydrogen (secondary N) is 2. The molecule has 7 aromatic carbocycles. The Morgan fingerprint density at radius 2 is 1.00 bits per heavy atom. The van der Waals surface area contributed by atoms with Gasteiger partial charge < -0.3 is 28.3 Å². The number of benzene rings is 7. The molecule has 1 aliphatic rings. The van der Waals surface area contributed by atoms with Gasteiger partial charge in [0.25, 0.3) is 0 Å². The molecule has 6 aromatic heterocycles. The first-order valence-corrected chi connectivity index (χ1v) is 22.9. The van der Waals surface area contributed by atoms with Gasteiger partial charge in [0.2, 0.25) is 6.79 Å². The Kier molecular flexibility index (Phi) is 24.2. The van der Waals surface area contributed by atoms with E-state index in [9.17, 15) is 9.59 Å². The minimum Gasteiger partial charge on any atom is -0.464 e.